The second-order valence-electron chi connectivity index (χ2n) is 5.26. The fourth-order valence-corrected chi connectivity index (χ4v) is 1.86. The third-order valence-corrected chi connectivity index (χ3v) is 3.30. The molecule has 2 amide bonds. The highest BCUT2D eigenvalue weighted by atomic mass is 16.2. The molecule has 1 fully saturated rings. The monoisotopic (exact) mass is 275 g/mol. The number of rotatable bonds is 6. The summed E-state index contributed by atoms with van der Waals surface area (Å²) in [5.41, 5.74) is 1.68. The molecular weight excluding hydrogens is 254 g/mol. The van der Waals surface area contributed by atoms with Crippen LogP contribution < -0.4 is 15.5 Å². The third kappa shape index (κ3) is 3.98. The van der Waals surface area contributed by atoms with Crippen molar-refractivity contribution in [1.82, 2.24) is 10.6 Å². The van der Waals surface area contributed by atoms with Crippen molar-refractivity contribution in [2.45, 2.75) is 12.8 Å². The first-order chi connectivity index (χ1) is 9.58. The van der Waals surface area contributed by atoms with Crippen molar-refractivity contribution in [3.8, 4) is 0 Å². The lowest BCUT2D eigenvalue weighted by Gasteiger charge is -2.12. The van der Waals surface area contributed by atoms with Crippen LogP contribution in [0.3, 0.4) is 0 Å². The first-order valence-electron chi connectivity index (χ1n) is 6.91. The average molecular weight is 275 g/mol. The van der Waals surface area contributed by atoms with Gasteiger partial charge >= 0.3 is 0 Å². The fraction of sp³-hybridized carbons (Fsp3) is 0.467. The molecule has 0 atom stereocenters. The SMILES string of the molecule is CN(C)c1ccc(C(=O)NCCNC(=O)C2CC2)cc1. The Morgan fingerprint density at radius 1 is 1.10 bits per heavy atom. The van der Waals surface area contributed by atoms with Crippen LogP contribution in [-0.2, 0) is 4.79 Å². The number of hydrogen-bond donors (Lipinski definition) is 2. The number of benzene rings is 1. The highest BCUT2D eigenvalue weighted by molar-refractivity contribution is 5.94. The largest absolute Gasteiger partial charge is 0.378 e. The molecule has 2 N–H and O–H groups in total. The molecular formula is C15H21N3O2. The van der Waals surface area contributed by atoms with Gasteiger partial charge in [-0.15, -0.1) is 0 Å². The number of anilines is 1. The molecule has 0 aromatic heterocycles. The van der Waals surface area contributed by atoms with Crippen molar-refractivity contribution in [3.63, 3.8) is 0 Å². The van der Waals surface area contributed by atoms with E-state index in [4.69, 9.17) is 0 Å². The van der Waals surface area contributed by atoms with Gasteiger partial charge in [0, 0.05) is 44.4 Å². The van der Waals surface area contributed by atoms with Crippen LogP contribution in [0.25, 0.3) is 0 Å². The van der Waals surface area contributed by atoms with E-state index in [2.05, 4.69) is 10.6 Å². The lowest BCUT2D eigenvalue weighted by atomic mass is 10.2. The van der Waals surface area contributed by atoms with Crippen LogP contribution >= 0.6 is 0 Å². The van der Waals surface area contributed by atoms with Crippen molar-refractivity contribution in [2.75, 3.05) is 32.1 Å². The maximum atomic E-state index is 11.9. The van der Waals surface area contributed by atoms with Crippen molar-refractivity contribution >= 4 is 17.5 Å². The van der Waals surface area contributed by atoms with Gasteiger partial charge in [-0.25, -0.2) is 0 Å². The minimum absolute atomic E-state index is 0.106. The smallest absolute Gasteiger partial charge is 0.251 e. The minimum atomic E-state index is -0.115. The summed E-state index contributed by atoms with van der Waals surface area (Å²) in [5, 5.41) is 5.61. The van der Waals surface area contributed by atoms with Crippen molar-refractivity contribution in [1.29, 1.82) is 0 Å². The standard InChI is InChI=1S/C15H21N3O2/c1-18(2)13-7-5-12(6-8-13)15(20)17-10-9-16-14(19)11-3-4-11/h5-8,11H,3-4,9-10H2,1-2H3,(H,16,19)(H,17,20). The number of hydrogen-bond acceptors (Lipinski definition) is 3. The molecule has 1 aliphatic carbocycles. The predicted octanol–water partition coefficient (Wildman–Crippen LogP) is 1.01. The van der Waals surface area contributed by atoms with Gasteiger partial charge in [-0.2, -0.15) is 0 Å². The third-order valence-electron chi connectivity index (χ3n) is 3.30. The Bertz CT molecular complexity index is 478. The number of carbonyl (C=O) groups is 2. The highest BCUT2D eigenvalue weighted by Crippen LogP contribution is 2.28. The molecule has 2 rings (SSSR count). The maximum absolute atomic E-state index is 11.9. The number of carbonyl (C=O) groups excluding carboxylic acids is 2. The van der Waals surface area contributed by atoms with Gasteiger partial charge in [0.15, 0.2) is 0 Å². The molecule has 1 aromatic rings. The first kappa shape index (κ1) is 14.4. The Hall–Kier alpha value is -2.04. The maximum Gasteiger partial charge on any atom is 0.251 e. The highest BCUT2D eigenvalue weighted by Gasteiger charge is 2.28. The van der Waals surface area contributed by atoms with E-state index in [0.29, 0.717) is 18.7 Å². The molecule has 1 aromatic carbocycles. The van der Waals surface area contributed by atoms with Gasteiger partial charge in [-0.05, 0) is 37.1 Å². The fourth-order valence-electron chi connectivity index (χ4n) is 1.86. The minimum Gasteiger partial charge on any atom is -0.378 e. The van der Waals surface area contributed by atoms with Crippen LogP contribution in [0.1, 0.15) is 23.2 Å². The van der Waals surface area contributed by atoms with Crippen molar-refractivity contribution in [3.05, 3.63) is 29.8 Å². The summed E-state index contributed by atoms with van der Waals surface area (Å²) in [6, 6.07) is 7.41. The molecule has 5 heteroatoms. The van der Waals surface area contributed by atoms with E-state index in [9.17, 15) is 9.59 Å². The topological polar surface area (TPSA) is 61.4 Å². The number of nitrogens with one attached hydrogen (secondary N) is 2. The Morgan fingerprint density at radius 3 is 2.25 bits per heavy atom. The molecule has 1 aliphatic rings. The molecule has 5 nitrogen and oxygen atoms in total. The Morgan fingerprint density at radius 2 is 1.70 bits per heavy atom. The lowest BCUT2D eigenvalue weighted by molar-refractivity contribution is -0.122. The summed E-state index contributed by atoms with van der Waals surface area (Å²) in [4.78, 5) is 25.3. The van der Waals surface area contributed by atoms with E-state index in [1.165, 1.54) is 0 Å². The van der Waals surface area contributed by atoms with Crippen LogP contribution in [0.4, 0.5) is 5.69 Å². The summed E-state index contributed by atoms with van der Waals surface area (Å²) in [6.45, 7) is 0.934. The van der Waals surface area contributed by atoms with Gasteiger partial charge in [-0.1, -0.05) is 0 Å². The zero-order valence-electron chi connectivity index (χ0n) is 12.0. The van der Waals surface area contributed by atoms with Gasteiger partial charge < -0.3 is 15.5 Å². The first-order valence-corrected chi connectivity index (χ1v) is 6.91. The molecule has 108 valence electrons. The summed E-state index contributed by atoms with van der Waals surface area (Å²) in [6.07, 6.45) is 1.99. The second-order valence-corrected chi connectivity index (χ2v) is 5.26. The van der Waals surface area contributed by atoms with E-state index in [1.807, 2.05) is 31.1 Å². The number of nitrogens with zero attached hydrogens (tertiary/aromatic N) is 1. The summed E-state index contributed by atoms with van der Waals surface area (Å²) in [5.74, 6) is 0.204. The van der Waals surface area contributed by atoms with Gasteiger partial charge in [-0.3, -0.25) is 9.59 Å². The van der Waals surface area contributed by atoms with Gasteiger partial charge in [0.25, 0.3) is 5.91 Å². The Kier molecular flexibility index (Phi) is 4.61. The zero-order valence-corrected chi connectivity index (χ0v) is 12.0. The van der Waals surface area contributed by atoms with Crippen LogP contribution in [0.2, 0.25) is 0 Å². The molecule has 20 heavy (non-hydrogen) atoms. The van der Waals surface area contributed by atoms with E-state index < -0.39 is 0 Å². The summed E-state index contributed by atoms with van der Waals surface area (Å²) >= 11 is 0. The Labute approximate surface area is 119 Å². The second kappa shape index (κ2) is 6.41. The van der Waals surface area contributed by atoms with E-state index in [-0.39, 0.29) is 17.7 Å². The zero-order chi connectivity index (χ0) is 14.5. The van der Waals surface area contributed by atoms with Crippen LogP contribution in [-0.4, -0.2) is 39.0 Å². The molecule has 0 saturated heterocycles. The van der Waals surface area contributed by atoms with Crippen molar-refractivity contribution < 1.29 is 9.59 Å². The molecule has 0 unspecified atom stereocenters. The molecule has 0 spiro atoms. The van der Waals surface area contributed by atoms with E-state index >= 15 is 0 Å². The normalized spacial score (nSPS) is 13.7. The van der Waals surface area contributed by atoms with Crippen LogP contribution in [0.5, 0.6) is 0 Å². The van der Waals surface area contributed by atoms with Gasteiger partial charge in [0.05, 0.1) is 0 Å². The van der Waals surface area contributed by atoms with Gasteiger partial charge in [0.2, 0.25) is 5.91 Å². The summed E-state index contributed by atoms with van der Waals surface area (Å²) in [7, 11) is 3.91. The van der Waals surface area contributed by atoms with Gasteiger partial charge in [0.1, 0.15) is 0 Å². The Balaban J connectivity index is 1.72. The lowest BCUT2D eigenvalue weighted by Crippen LogP contribution is -2.35. The van der Waals surface area contributed by atoms with Crippen LogP contribution in [0.15, 0.2) is 24.3 Å². The molecule has 0 aliphatic heterocycles. The predicted molar refractivity (Wildman–Crippen MR) is 78.8 cm³/mol. The van der Waals surface area contributed by atoms with E-state index in [1.54, 1.807) is 12.1 Å². The average Bonchev–Trinajstić information content (AvgIpc) is 3.27. The van der Waals surface area contributed by atoms with Crippen LogP contribution in [0, 0.1) is 5.92 Å². The molecule has 0 bridgehead atoms. The number of amides is 2. The quantitative estimate of drug-likeness (QED) is 0.762. The molecule has 0 radical (unpaired) electrons. The summed E-state index contributed by atoms with van der Waals surface area (Å²) < 4.78 is 0. The molecule has 1 saturated carbocycles. The van der Waals surface area contributed by atoms with E-state index in [0.717, 1.165) is 18.5 Å². The molecule has 0 heterocycles. The van der Waals surface area contributed by atoms with Crippen molar-refractivity contribution in [2.24, 2.45) is 5.92 Å².